The van der Waals surface area contributed by atoms with E-state index >= 15 is 0 Å². The first-order valence-electron chi connectivity index (χ1n) is 7.31. The number of carbonyl (C=O) groups is 2. The van der Waals surface area contributed by atoms with Crippen molar-refractivity contribution in [1.82, 2.24) is 10.2 Å². The lowest BCUT2D eigenvalue weighted by molar-refractivity contribution is -0.152. The molecule has 20 heavy (non-hydrogen) atoms. The number of carbonyl (C=O) groups excluding carboxylic acids is 1. The van der Waals surface area contributed by atoms with Crippen LogP contribution >= 0.6 is 0 Å². The first-order chi connectivity index (χ1) is 9.41. The average Bonchev–Trinajstić information content (AvgIpc) is 2.39. The molecular weight excluding hydrogens is 256 g/mol. The van der Waals surface area contributed by atoms with Crippen molar-refractivity contribution in [1.29, 1.82) is 0 Å². The topological polar surface area (TPSA) is 69.6 Å². The summed E-state index contributed by atoms with van der Waals surface area (Å²) in [5, 5.41) is 12.3. The summed E-state index contributed by atoms with van der Waals surface area (Å²) in [6.07, 6.45) is 4.60. The molecule has 0 aromatic heterocycles. The quantitative estimate of drug-likeness (QED) is 0.762. The van der Waals surface area contributed by atoms with Crippen LogP contribution in [0, 0.1) is 5.41 Å². The summed E-state index contributed by atoms with van der Waals surface area (Å²) in [4.78, 5) is 25.1. The summed E-state index contributed by atoms with van der Waals surface area (Å²) in [6.45, 7) is 7.54. The van der Waals surface area contributed by atoms with Crippen LogP contribution < -0.4 is 5.32 Å². The smallest absolute Gasteiger partial charge is 0.317 e. The molecule has 1 heterocycles. The molecule has 0 radical (unpaired) electrons. The molecule has 5 nitrogen and oxygen atoms in total. The molecule has 0 aliphatic carbocycles. The standard InChI is InChI=1S/C15H26N2O3/c1-4-6-15(13(18)19)7-10-17(11-8-15)14(20)16-9-5-12(2)3/h5H,4,6-11H2,1-3H3,(H,16,20)(H,18,19). The number of nitrogens with zero attached hydrogens (tertiary/aromatic N) is 1. The molecule has 114 valence electrons. The van der Waals surface area contributed by atoms with E-state index in [2.05, 4.69) is 5.32 Å². The highest BCUT2D eigenvalue weighted by molar-refractivity contribution is 5.77. The Labute approximate surface area is 121 Å². The van der Waals surface area contributed by atoms with Crippen molar-refractivity contribution >= 4 is 12.0 Å². The molecule has 5 heteroatoms. The molecule has 0 unspecified atom stereocenters. The van der Waals surface area contributed by atoms with Gasteiger partial charge in [0, 0.05) is 19.6 Å². The molecule has 0 aromatic rings. The summed E-state index contributed by atoms with van der Waals surface area (Å²) in [6, 6.07) is -0.0991. The van der Waals surface area contributed by atoms with Gasteiger partial charge in [0.15, 0.2) is 0 Å². The van der Waals surface area contributed by atoms with E-state index < -0.39 is 11.4 Å². The molecule has 1 aliphatic rings. The molecule has 0 bridgehead atoms. The van der Waals surface area contributed by atoms with E-state index in [1.165, 1.54) is 0 Å². The lowest BCUT2D eigenvalue weighted by atomic mass is 9.75. The average molecular weight is 282 g/mol. The van der Waals surface area contributed by atoms with Crippen LogP contribution in [0.1, 0.15) is 46.5 Å². The minimum Gasteiger partial charge on any atom is -0.481 e. The van der Waals surface area contributed by atoms with Gasteiger partial charge in [0.25, 0.3) is 0 Å². The monoisotopic (exact) mass is 282 g/mol. The van der Waals surface area contributed by atoms with Gasteiger partial charge < -0.3 is 15.3 Å². The fraction of sp³-hybridized carbons (Fsp3) is 0.733. The number of rotatable bonds is 5. The molecule has 1 aliphatic heterocycles. The maximum absolute atomic E-state index is 12.0. The lowest BCUT2D eigenvalue weighted by Crippen LogP contribution is -2.49. The van der Waals surface area contributed by atoms with Crippen LogP contribution in [0.15, 0.2) is 11.6 Å². The Bertz CT molecular complexity index is 379. The molecule has 2 amide bonds. The van der Waals surface area contributed by atoms with Gasteiger partial charge >= 0.3 is 12.0 Å². The normalized spacial score (nSPS) is 17.4. The van der Waals surface area contributed by atoms with Crippen LogP contribution in [-0.2, 0) is 4.79 Å². The zero-order valence-electron chi connectivity index (χ0n) is 12.7. The highest BCUT2D eigenvalue weighted by Crippen LogP contribution is 2.36. The molecule has 0 aromatic carbocycles. The number of allylic oxidation sites excluding steroid dienone is 1. The second-order valence-corrected chi connectivity index (χ2v) is 5.79. The van der Waals surface area contributed by atoms with Gasteiger partial charge in [0.1, 0.15) is 0 Å². The third-order valence-corrected chi connectivity index (χ3v) is 3.95. The predicted molar refractivity (Wildman–Crippen MR) is 78.6 cm³/mol. The van der Waals surface area contributed by atoms with Crippen LogP contribution in [0.5, 0.6) is 0 Å². The van der Waals surface area contributed by atoms with Crippen molar-refractivity contribution < 1.29 is 14.7 Å². The maximum Gasteiger partial charge on any atom is 0.317 e. The number of carboxylic acids is 1. The molecule has 1 saturated heterocycles. The number of aliphatic carboxylic acids is 1. The van der Waals surface area contributed by atoms with E-state index in [1.54, 1.807) is 4.90 Å². The minimum absolute atomic E-state index is 0.0991. The Morgan fingerprint density at radius 1 is 1.30 bits per heavy atom. The van der Waals surface area contributed by atoms with Gasteiger partial charge in [-0.1, -0.05) is 25.0 Å². The Morgan fingerprint density at radius 2 is 1.90 bits per heavy atom. The molecule has 0 spiro atoms. The molecule has 1 rings (SSSR count). The summed E-state index contributed by atoms with van der Waals surface area (Å²) < 4.78 is 0. The number of amides is 2. The SMILES string of the molecule is CCCC1(C(=O)O)CCN(C(=O)NCC=C(C)C)CC1. The summed E-state index contributed by atoms with van der Waals surface area (Å²) in [5.74, 6) is -0.719. The fourth-order valence-electron chi connectivity index (χ4n) is 2.64. The van der Waals surface area contributed by atoms with Crippen LogP contribution in [0.3, 0.4) is 0 Å². The molecule has 1 fully saturated rings. The highest BCUT2D eigenvalue weighted by Gasteiger charge is 2.41. The largest absolute Gasteiger partial charge is 0.481 e. The Morgan fingerprint density at radius 3 is 2.35 bits per heavy atom. The second kappa shape index (κ2) is 7.31. The molecule has 0 saturated carbocycles. The fourth-order valence-corrected chi connectivity index (χ4v) is 2.64. The van der Waals surface area contributed by atoms with Gasteiger partial charge in [-0.05, 0) is 33.1 Å². The number of piperidine rings is 1. The van der Waals surface area contributed by atoms with Crippen LogP contribution in [0.2, 0.25) is 0 Å². The van der Waals surface area contributed by atoms with E-state index in [9.17, 15) is 14.7 Å². The number of hydrogen-bond acceptors (Lipinski definition) is 2. The van der Waals surface area contributed by atoms with Gasteiger partial charge in [0.05, 0.1) is 5.41 Å². The van der Waals surface area contributed by atoms with E-state index in [4.69, 9.17) is 0 Å². The number of urea groups is 1. The number of carboxylic acid groups (broad SMARTS) is 1. The Kier molecular flexibility index (Phi) is 6.05. The second-order valence-electron chi connectivity index (χ2n) is 5.79. The predicted octanol–water partition coefficient (Wildman–Crippen LogP) is 2.63. The van der Waals surface area contributed by atoms with Crippen LogP contribution in [0.25, 0.3) is 0 Å². The van der Waals surface area contributed by atoms with Crippen molar-refractivity contribution in [2.45, 2.75) is 46.5 Å². The van der Waals surface area contributed by atoms with E-state index in [-0.39, 0.29) is 6.03 Å². The van der Waals surface area contributed by atoms with E-state index in [1.807, 2.05) is 26.8 Å². The van der Waals surface area contributed by atoms with Crippen molar-refractivity contribution in [3.05, 3.63) is 11.6 Å². The zero-order chi connectivity index (χ0) is 15.2. The molecule has 2 N–H and O–H groups in total. The lowest BCUT2D eigenvalue weighted by Gasteiger charge is -2.38. The molecule has 0 atom stereocenters. The first-order valence-corrected chi connectivity index (χ1v) is 7.31. The zero-order valence-corrected chi connectivity index (χ0v) is 12.7. The highest BCUT2D eigenvalue weighted by atomic mass is 16.4. The van der Waals surface area contributed by atoms with Crippen LogP contribution in [-0.4, -0.2) is 41.6 Å². The third kappa shape index (κ3) is 4.25. The van der Waals surface area contributed by atoms with Crippen molar-refractivity contribution in [3.8, 4) is 0 Å². The number of hydrogen-bond donors (Lipinski definition) is 2. The third-order valence-electron chi connectivity index (χ3n) is 3.95. The Hall–Kier alpha value is -1.52. The summed E-state index contributed by atoms with van der Waals surface area (Å²) >= 11 is 0. The van der Waals surface area contributed by atoms with Crippen LogP contribution in [0.4, 0.5) is 4.79 Å². The first kappa shape index (κ1) is 16.5. The number of likely N-dealkylation sites (tertiary alicyclic amines) is 1. The summed E-state index contributed by atoms with van der Waals surface area (Å²) in [7, 11) is 0. The van der Waals surface area contributed by atoms with Gasteiger partial charge in [-0.2, -0.15) is 0 Å². The Balaban J connectivity index is 2.50. The summed E-state index contributed by atoms with van der Waals surface area (Å²) in [5.41, 5.74) is 0.530. The van der Waals surface area contributed by atoms with Crippen molar-refractivity contribution in [2.24, 2.45) is 5.41 Å². The van der Waals surface area contributed by atoms with Crippen molar-refractivity contribution in [3.63, 3.8) is 0 Å². The van der Waals surface area contributed by atoms with Gasteiger partial charge in [-0.25, -0.2) is 4.79 Å². The van der Waals surface area contributed by atoms with Gasteiger partial charge in [-0.3, -0.25) is 4.79 Å². The van der Waals surface area contributed by atoms with Gasteiger partial charge in [-0.15, -0.1) is 0 Å². The minimum atomic E-state index is -0.719. The van der Waals surface area contributed by atoms with E-state index in [0.29, 0.717) is 38.9 Å². The molecular formula is C15H26N2O3. The maximum atomic E-state index is 12.0. The number of nitrogens with one attached hydrogen (secondary N) is 1. The van der Waals surface area contributed by atoms with Gasteiger partial charge in [0.2, 0.25) is 0 Å². The van der Waals surface area contributed by atoms with E-state index in [0.717, 1.165) is 12.0 Å². The van der Waals surface area contributed by atoms with Crippen molar-refractivity contribution in [2.75, 3.05) is 19.6 Å².